The molecule has 10 heteroatoms. The number of nitrogens with zero attached hydrogens (tertiary/aromatic N) is 3. The molecule has 2 aromatic rings. The summed E-state index contributed by atoms with van der Waals surface area (Å²) in [5, 5.41) is 11.0. The van der Waals surface area contributed by atoms with Gasteiger partial charge in [0.1, 0.15) is 0 Å². The van der Waals surface area contributed by atoms with E-state index in [-0.39, 0.29) is 10.5 Å². The molecule has 7 nitrogen and oxygen atoms in total. The van der Waals surface area contributed by atoms with E-state index in [4.69, 9.17) is 0 Å². The fourth-order valence-electron chi connectivity index (χ4n) is 1.73. The number of hydrogen-bond acceptors (Lipinski definition) is 7. The van der Waals surface area contributed by atoms with E-state index in [9.17, 15) is 13.2 Å². The zero-order chi connectivity index (χ0) is 18.6. The van der Waals surface area contributed by atoms with Crippen molar-refractivity contribution in [1.29, 1.82) is 0 Å². The molecule has 1 heterocycles. The molecular formula is C15H20N4O3S3. The summed E-state index contributed by atoms with van der Waals surface area (Å²) in [6, 6.07) is 5.90. The van der Waals surface area contributed by atoms with Gasteiger partial charge in [-0.25, -0.2) is 12.7 Å². The number of sulfonamides is 1. The van der Waals surface area contributed by atoms with Crippen LogP contribution in [0, 0.1) is 5.92 Å². The van der Waals surface area contributed by atoms with Crippen LogP contribution in [0.25, 0.3) is 0 Å². The van der Waals surface area contributed by atoms with Crippen LogP contribution < -0.4 is 5.32 Å². The number of amides is 1. The van der Waals surface area contributed by atoms with Gasteiger partial charge in [-0.2, -0.15) is 0 Å². The number of aromatic nitrogens is 2. The van der Waals surface area contributed by atoms with Crippen molar-refractivity contribution in [1.82, 2.24) is 14.5 Å². The summed E-state index contributed by atoms with van der Waals surface area (Å²) in [6.07, 6.45) is 0. The number of thioether (sulfide) groups is 1. The van der Waals surface area contributed by atoms with E-state index in [1.807, 2.05) is 0 Å². The number of hydrogen-bond donors (Lipinski definition) is 1. The molecule has 0 unspecified atom stereocenters. The van der Waals surface area contributed by atoms with Crippen molar-refractivity contribution >= 4 is 44.2 Å². The summed E-state index contributed by atoms with van der Waals surface area (Å²) in [5.41, 5.74) is 0.245. The van der Waals surface area contributed by atoms with Crippen LogP contribution in [0.5, 0.6) is 0 Å². The third-order valence-electron chi connectivity index (χ3n) is 3.04. The fraction of sp³-hybridized carbons (Fsp3) is 0.400. The molecule has 1 aromatic carbocycles. The van der Waals surface area contributed by atoms with Gasteiger partial charge in [0, 0.05) is 25.4 Å². The lowest BCUT2D eigenvalue weighted by Crippen LogP contribution is -2.22. The van der Waals surface area contributed by atoms with Crippen molar-refractivity contribution in [3.8, 4) is 0 Å². The van der Waals surface area contributed by atoms with Crippen molar-refractivity contribution in [2.24, 2.45) is 5.92 Å². The molecule has 0 saturated carbocycles. The highest BCUT2D eigenvalue weighted by Crippen LogP contribution is 2.27. The van der Waals surface area contributed by atoms with E-state index in [1.54, 1.807) is 17.8 Å². The van der Waals surface area contributed by atoms with E-state index in [1.165, 1.54) is 43.6 Å². The van der Waals surface area contributed by atoms with Gasteiger partial charge in [-0.15, -0.1) is 10.2 Å². The Hall–Kier alpha value is -1.49. The number of nitrogens with one attached hydrogen (secondary N) is 1. The second kappa shape index (κ2) is 8.26. The van der Waals surface area contributed by atoms with Crippen LogP contribution in [0.2, 0.25) is 0 Å². The van der Waals surface area contributed by atoms with Crippen molar-refractivity contribution in [3.63, 3.8) is 0 Å². The Morgan fingerprint density at radius 2 is 2.04 bits per heavy atom. The van der Waals surface area contributed by atoms with E-state index >= 15 is 0 Å². The molecule has 0 aliphatic heterocycles. The van der Waals surface area contributed by atoms with Gasteiger partial charge in [-0.05, 0) is 24.1 Å². The first-order chi connectivity index (χ1) is 11.7. The highest BCUT2D eigenvalue weighted by atomic mass is 32.2. The summed E-state index contributed by atoms with van der Waals surface area (Å²) in [6.45, 7) is 4.23. The first-order valence-corrected chi connectivity index (χ1v) is 10.7. The monoisotopic (exact) mass is 400 g/mol. The van der Waals surface area contributed by atoms with Crippen LogP contribution in [-0.2, 0) is 10.0 Å². The lowest BCUT2D eigenvalue weighted by atomic mass is 10.2. The van der Waals surface area contributed by atoms with Crippen molar-refractivity contribution in [2.45, 2.75) is 23.1 Å². The molecule has 0 aliphatic carbocycles. The minimum absolute atomic E-state index is 0.0654. The molecule has 1 amide bonds. The standard InChI is InChI=1S/C15H20N4O3S3/c1-10(2)9-23-15-18-17-14(24-15)16-13(20)11-6-5-7-12(8-11)25(21,22)19(3)4/h5-8,10H,9H2,1-4H3,(H,16,17,20). The molecule has 0 bridgehead atoms. The van der Waals surface area contributed by atoms with Crippen molar-refractivity contribution in [3.05, 3.63) is 29.8 Å². The number of rotatable bonds is 7. The van der Waals surface area contributed by atoms with Crippen LogP contribution in [0.1, 0.15) is 24.2 Å². The maximum Gasteiger partial charge on any atom is 0.257 e. The summed E-state index contributed by atoms with van der Waals surface area (Å²) in [5.74, 6) is 1.04. The smallest absolute Gasteiger partial charge is 0.257 e. The lowest BCUT2D eigenvalue weighted by Gasteiger charge is -2.12. The Balaban J connectivity index is 2.11. The third kappa shape index (κ3) is 5.24. The molecule has 2 rings (SSSR count). The molecule has 1 N–H and O–H groups in total. The van der Waals surface area contributed by atoms with Gasteiger partial charge >= 0.3 is 0 Å². The lowest BCUT2D eigenvalue weighted by molar-refractivity contribution is 0.102. The molecule has 136 valence electrons. The summed E-state index contributed by atoms with van der Waals surface area (Å²) in [4.78, 5) is 12.4. The van der Waals surface area contributed by atoms with Gasteiger partial charge in [-0.1, -0.05) is 43.0 Å². The topological polar surface area (TPSA) is 92.3 Å². The molecule has 0 fully saturated rings. The number of anilines is 1. The second-order valence-electron chi connectivity index (χ2n) is 5.85. The maximum absolute atomic E-state index is 12.4. The first kappa shape index (κ1) is 19.8. The van der Waals surface area contributed by atoms with Crippen LogP contribution in [-0.4, -0.2) is 48.7 Å². The molecular weight excluding hydrogens is 380 g/mol. The van der Waals surface area contributed by atoms with E-state index in [0.29, 0.717) is 11.0 Å². The molecule has 0 atom stereocenters. The quantitative estimate of drug-likeness (QED) is 0.567. The molecule has 25 heavy (non-hydrogen) atoms. The van der Waals surface area contributed by atoms with Gasteiger partial charge in [0.25, 0.3) is 5.91 Å². The van der Waals surface area contributed by atoms with Crippen LogP contribution in [0.4, 0.5) is 5.13 Å². The van der Waals surface area contributed by atoms with Gasteiger partial charge in [0.05, 0.1) is 4.90 Å². The van der Waals surface area contributed by atoms with Gasteiger partial charge < -0.3 is 0 Å². The second-order valence-corrected chi connectivity index (χ2v) is 10.2. The Kier molecular flexibility index (Phi) is 6.55. The minimum atomic E-state index is -3.59. The van der Waals surface area contributed by atoms with Crippen LogP contribution >= 0.6 is 23.1 Å². The van der Waals surface area contributed by atoms with Gasteiger partial charge in [0.2, 0.25) is 15.2 Å². The van der Waals surface area contributed by atoms with E-state index in [2.05, 4.69) is 29.4 Å². The van der Waals surface area contributed by atoms with Crippen LogP contribution in [0.15, 0.2) is 33.5 Å². The Labute approximate surface area is 155 Å². The summed E-state index contributed by atoms with van der Waals surface area (Å²) < 4.78 is 26.2. The third-order valence-corrected chi connectivity index (χ3v) is 7.25. The molecule has 0 radical (unpaired) electrons. The Morgan fingerprint density at radius 1 is 1.32 bits per heavy atom. The molecule has 0 saturated heterocycles. The molecule has 0 aliphatic rings. The zero-order valence-electron chi connectivity index (χ0n) is 14.4. The highest BCUT2D eigenvalue weighted by Gasteiger charge is 2.19. The van der Waals surface area contributed by atoms with Crippen molar-refractivity contribution < 1.29 is 13.2 Å². The van der Waals surface area contributed by atoms with Crippen molar-refractivity contribution in [2.75, 3.05) is 25.2 Å². The first-order valence-electron chi connectivity index (χ1n) is 7.50. The Bertz CT molecular complexity index is 847. The maximum atomic E-state index is 12.4. The normalized spacial score (nSPS) is 11.9. The van der Waals surface area contributed by atoms with Crippen LogP contribution in [0.3, 0.4) is 0 Å². The van der Waals surface area contributed by atoms with Gasteiger partial charge in [-0.3, -0.25) is 10.1 Å². The highest BCUT2D eigenvalue weighted by molar-refractivity contribution is 8.01. The summed E-state index contributed by atoms with van der Waals surface area (Å²) in [7, 11) is -0.704. The molecule has 0 spiro atoms. The SMILES string of the molecule is CC(C)CSc1nnc(NC(=O)c2cccc(S(=O)(=O)N(C)C)c2)s1. The van der Waals surface area contributed by atoms with E-state index in [0.717, 1.165) is 14.4 Å². The molecule has 1 aromatic heterocycles. The van der Waals surface area contributed by atoms with Gasteiger partial charge in [0.15, 0.2) is 4.34 Å². The zero-order valence-corrected chi connectivity index (χ0v) is 16.8. The average molecular weight is 401 g/mol. The summed E-state index contributed by atoms with van der Waals surface area (Å²) >= 11 is 2.88. The van der Waals surface area contributed by atoms with E-state index < -0.39 is 15.9 Å². The number of carbonyl (C=O) groups excluding carboxylic acids is 1. The fourth-order valence-corrected chi connectivity index (χ4v) is 4.41. The largest absolute Gasteiger partial charge is 0.296 e. The number of carbonyl (C=O) groups is 1. The Morgan fingerprint density at radius 3 is 2.68 bits per heavy atom. The predicted molar refractivity (Wildman–Crippen MR) is 101 cm³/mol. The average Bonchev–Trinajstić information content (AvgIpc) is 3.00. The number of benzene rings is 1. The predicted octanol–water partition coefficient (Wildman–Crippen LogP) is 2.79. The minimum Gasteiger partial charge on any atom is -0.296 e.